The number of carbonyl (C=O) groups excluding carboxylic acids is 5. The Labute approximate surface area is 278 Å². The molecule has 272 valence electrons. The summed E-state index contributed by atoms with van der Waals surface area (Å²) >= 11 is 0. The molecule has 0 aliphatic carbocycles. The molecule has 2 saturated heterocycles. The molecule has 2 rings (SSSR count). The Morgan fingerprint density at radius 1 is 0.612 bits per heavy atom. The normalized spacial score (nSPS) is 19.5. The van der Waals surface area contributed by atoms with Crippen molar-refractivity contribution in [2.24, 2.45) is 5.73 Å². The summed E-state index contributed by atoms with van der Waals surface area (Å²) in [5, 5.41) is 52.1. The van der Waals surface area contributed by atoms with E-state index < -0.39 is 134 Å². The van der Waals surface area contributed by atoms with Gasteiger partial charge in [-0.2, -0.15) is 0 Å². The molecule has 0 aromatic carbocycles. The molecule has 2 aliphatic heterocycles. The molecule has 10 N–H and O–H groups in total. The molecule has 6 atom stereocenters. The van der Waals surface area contributed by atoms with E-state index in [1.165, 1.54) is 0 Å². The minimum absolute atomic E-state index is 0.0219. The summed E-state index contributed by atoms with van der Waals surface area (Å²) in [6.07, 6.45) is -3.04. The van der Waals surface area contributed by atoms with Crippen LogP contribution in [-0.4, -0.2) is 144 Å². The molecule has 0 aromatic rings. The lowest BCUT2D eigenvalue weighted by molar-refractivity contribution is -0.149. The molecule has 0 bridgehead atoms. The van der Waals surface area contributed by atoms with Gasteiger partial charge in [0.2, 0.25) is 29.5 Å². The van der Waals surface area contributed by atoms with E-state index in [0.29, 0.717) is 12.8 Å². The Hall–Kier alpha value is -5.34. The highest BCUT2D eigenvalue weighted by atomic mass is 16.4. The number of amides is 5. The van der Waals surface area contributed by atoms with Crippen LogP contribution in [0.4, 0.5) is 0 Å². The van der Waals surface area contributed by atoms with Gasteiger partial charge in [0.05, 0.1) is 18.9 Å². The third kappa shape index (κ3) is 12.0. The number of nitrogens with two attached hydrogens (primary N) is 1. The fourth-order valence-corrected chi connectivity index (χ4v) is 5.52. The molecule has 49 heavy (non-hydrogen) atoms. The highest BCUT2D eigenvalue weighted by molar-refractivity contribution is 5.98. The van der Waals surface area contributed by atoms with E-state index in [-0.39, 0.29) is 25.9 Å². The van der Waals surface area contributed by atoms with Crippen molar-refractivity contribution in [1.82, 2.24) is 25.8 Å². The molecule has 2 fully saturated rings. The van der Waals surface area contributed by atoms with E-state index in [9.17, 15) is 58.2 Å². The molecule has 5 amide bonds. The van der Waals surface area contributed by atoms with E-state index >= 15 is 0 Å². The van der Waals surface area contributed by atoms with Crippen LogP contribution in [0, 0.1) is 0 Å². The number of rotatable bonds is 19. The number of likely N-dealkylation sites (tertiary alicyclic amines) is 2. The second-order valence-electron chi connectivity index (χ2n) is 11.6. The van der Waals surface area contributed by atoms with Gasteiger partial charge >= 0.3 is 29.8 Å². The number of carboxylic acids is 5. The van der Waals surface area contributed by atoms with Gasteiger partial charge in [0, 0.05) is 25.9 Å². The topological polar surface area (TPSA) is 340 Å². The van der Waals surface area contributed by atoms with Crippen molar-refractivity contribution >= 4 is 59.4 Å². The summed E-state index contributed by atoms with van der Waals surface area (Å²) in [6.45, 7) is 0.0544. The molecule has 0 spiro atoms. The first kappa shape index (κ1) is 39.8. The van der Waals surface area contributed by atoms with Gasteiger partial charge in [-0.25, -0.2) is 4.79 Å². The van der Waals surface area contributed by atoms with Gasteiger partial charge in [-0.3, -0.25) is 43.2 Å². The lowest BCUT2D eigenvalue weighted by Gasteiger charge is -2.33. The van der Waals surface area contributed by atoms with Gasteiger partial charge in [-0.05, 0) is 38.5 Å². The monoisotopic (exact) mass is 700 g/mol. The van der Waals surface area contributed by atoms with Crippen molar-refractivity contribution in [3.05, 3.63) is 0 Å². The van der Waals surface area contributed by atoms with Crippen LogP contribution in [0.15, 0.2) is 0 Å². The maximum absolute atomic E-state index is 13.8. The van der Waals surface area contributed by atoms with Gasteiger partial charge < -0.3 is 57.0 Å². The van der Waals surface area contributed by atoms with E-state index in [0.717, 1.165) is 9.80 Å². The SMILES string of the molecule is N[C@@H](CC(=O)O)C(=O)N[C@@H](CCC(=O)O)C(=O)N1CCC[C@H]1C(=O)N1CCC[C@H]1C(=O)N[C@@H](CC(=O)O)C(=O)N[C@@H](CCC(=O)O)C(=O)O. The first-order chi connectivity index (χ1) is 22.9. The highest BCUT2D eigenvalue weighted by Crippen LogP contribution is 2.26. The molecule has 21 nitrogen and oxygen atoms in total. The van der Waals surface area contributed by atoms with Crippen LogP contribution in [0.1, 0.15) is 64.2 Å². The Bertz CT molecular complexity index is 1340. The van der Waals surface area contributed by atoms with Gasteiger partial charge in [-0.1, -0.05) is 0 Å². The minimum Gasteiger partial charge on any atom is -0.481 e. The summed E-state index contributed by atoms with van der Waals surface area (Å²) < 4.78 is 0. The largest absolute Gasteiger partial charge is 0.481 e. The molecule has 0 radical (unpaired) electrons. The fourth-order valence-electron chi connectivity index (χ4n) is 5.52. The average molecular weight is 701 g/mol. The molecule has 2 aliphatic rings. The first-order valence-corrected chi connectivity index (χ1v) is 15.3. The highest BCUT2D eigenvalue weighted by Gasteiger charge is 2.44. The van der Waals surface area contributed by atoms with Crippen LogP contribution in [0.5, 0.6) is 0 Å². The van der Waals surface area contributed by atoms with Crippen LogP contribution in [-0.2, 0) is 47.9 Å². The number of hydrogen-bond acceptors (Lipinski definition) is 11. The first-order valence-electron chi connectivity index (χ1n) is 15.3. The van der Waals surface area contributed by atoms with Gasteiger partial charge in [0.15, 0.2) is 0 Å². The van der Waals surface area contributed by atoms with Crippen LogP contribution in [0.2, 0.25) is 0 Å². The van der Waals surface area contributed by atoms with Gasteiger partial charge in [0.25, 0.3) is 0 Å². The smallest absolute Gasteiger partial charge is 0.326 e. The molecule has 2 heterocycles. The van der Waals surface area contributed by atoms with E-state index in [2.05, 4.69) is 10.6 Å². The standard InChI is InChI=1S/C28H40N6O15/c29-13(11-21(39)40)23(43)30-14(5-7-19(35)36)26(46)34-10-2-4-18(34)27(47)33-9-1-3-17(33)25(45)32-16(12-22(41)42)24(44)31-15(28(48)49)6-8-20(37)38/h13-18H,1-12,29H2,(H,30,43)(H,31,44)(H,32,45)(H,35,36)(H,37,38)(H,39,40)(H,41,42)(H,48,49)/t13-,14-,15-,16-,17-,18-/m0/s1. The van der Waals surface area contributed by atoms with E-state index in [1.807, 2.05) is 5.32 Å². The number of hydrogen-bond donors (Lipinski definition) is 9. The Morgan fingerprint density at radius 3 is 1.65 bits per heavy atom. The van der Waals surface area contributed by atoms with Crippen LogP contribution < -0.4 is 21.7 Å². The van der Waals surface area contributed by atoms with Crippen molar-refractivity contribution in [3.8, 4) is 0 Å². The van der Waals surface area contributed by atoms with Crippen molar-refractivity contribution in [2.45, 2.75) is 100 Å². The van der Waals surface area contributed by atoms with Gasteiger partial charge in [-0.15, -0.1) is 0 Å². The number of nitrogens with one attached hydrogen (secondary N) is 3. The Kier molecular flexibility index (Phi) is 14.9. The zero-order valence-electron chi connectivity index (χ0n) is 26.2. The summed E-state index contributed by atoms with van der Waals surface area (Å²) in [6, 6.07) is -8.91. The van der Waals surface area contributed by atoms with Crippen molar-refractivity contribution in [2.75, 3.05) is 13.1 Å². The summed E-state index contributed by atoms with van der Waals surface area (Å²) in [5.74, 6) is -11.9. The summed E-state index contributed by atoms with van der Waals surface area (Å²) in [7, 11) is 0. The number of carboxylic acid groups (broad SMARTS) is 5. The molecule has 0 unspecified atom stereocenters. The predicted octanol–water partition coefficient (Wildman–Crippen LogP) is -3.49. The zero-order valence-corrected chi connectivity index (χ0v) is 26.2. The maximum Gasteiger partial charge on any atom is 0.326 e. The summed E-state index contributed by atoms with van der Waals surface area (Å²) in [4.78, 5) is 124. The van der Waals surface area contributed by atoms with Crippen LogP contribution in [0.25, 0.3) is 0 Å². The number of carbonyl (C=O) groups is 10. The van der Waals surface area contributed by atoms with Crippen molar-refractivity contribution < 1.29 is 73.5 Å². The molecule has 0 saturated carbocycles. The fraction of sp³-hybridized carbons (Fsp3) is 0.643. The zero-order chi connectivity index (χ0) is 37.0. The Morgan fingerprint density at radius 2 is 1.12 bits per heavy atom. The Balaban J connectivity index is 2.21. The number of nitrogens with zero attached hydrogens (tertiary/aromatic N) is 2. The van der Waals surface area contributed by atoms with E-state index in [4.69, 9.17) is 21.1 Å². The van der Waals surface area contributed by atoms with Crippen molar-refractivity contribution in [3.63, 3.8) is 0 Å². The molecule has 0 aromatic heterocycles. The molecular weight excluding hydrogens is 660 g/mol. The van der Waals surface area contributed by atoms with Gasteiger partial charge in [0.1, 0.15) is 30.2 Å². The second-order valence-corrected chi connectivity index (χ2v) is 11.6. The third-order valence-electron chi connectivity index (χ3n) is 7.93. The molecule has 21 heteroatoms. The number of aliphatic carboxylic acids is 5. The molecular formula is C28H40N6O15. The third-order valence-corrected chi connectivity index (χ3v) is 7.93. The van der Waals surface area contributed by atoms with Crippen LogP contribution >= 0.6 is 0 Å². The minimum atomic E-state index is -1.80. The average Bonchev–Trinajstić information content (AvgIpc) is 3.70. The van der Waals surface area contributed by atoms with Crippen molar-refractivity contribution in [1.29, 1.82) is 0 Å². The predicted molar refractivity (Wildman–Crippen MR) is 159 cm³/mol. The lowest BCUT2D eigenvalue weighted by atomic mass is 10.1. The maximum atomic E-state index is 13.8. The van der Waals surface area contributed by atoms with E-state index in [1.54, 1.807) is 0 Å². The lowest BCUT2D eigenvalue weighted by Crippen LogP contribution is -2.59. The quantitative estimate of drug-likeness (QED) is 0.0631. The summed E-state index contributed by atoms with van der Waals surface area (Å²) in [5.41, 5.74) is 5.58. The second kappa shape index (κ2) is 18.3. The van der Waals surface area contributed by atoms with Crippen LogP contribution in [0.3, 0.4) is 0 Å².